The number of hydrogen-bond donors (Lipinski definition) is 0. The standard InChI is InChI=1S/C17H18N4O3/c1-10(11-4-5-14-15(6-11)24-9-23-14)21-8-13-12(16(21)22)7-18-17(19-13)20(2)3/h4-7,10H,8-9H2,1-3H3/t10-/m0/s1. The van der Waals surface area contributed by atoms with Crippen LogP contribution in [0.2, 0.25) is 0 Å². The van der Waals surface area contributed by atoms with E-state index < -0.39 is 0 Å². The third-order valence-electron chi connectivity index (χ3n) is 4.41. The van der Waals surface area contributed by atoms with Gasteiger partial charge >= 0.3 is 0 Å². The molecule has 1 aromatic carbocycles. The fraction of sp³-hybridized carbons (Fsp3) is 0.353. The van der Waals surface area contributed by atoms with Crippen LogP contribution in [-0.4, -0.2) is 41.7 Å². The minimum atomic E-state index is -0.0935. The molecule has 1 aromatic heterocycles. The highest BCUT2D eigenvalue weighted by atomic mass is 16.7. The van der Waals surface area contributed by atoms with Gasteiger partial charge in [0.1, 0.15) is 0 Å². The number of hydrogen-bond acceptors (Lipinski definition) is 6. The average Bonchev–Trinajstić information content (AvgIpc) is 3.17. The Bertz CT molecular complexity index is 821. The lowest BCUT2D eigenvalue weighted by molar-refractivity contribution is 0.0715. The topological polar surface area (TPSA) is 67.8 Å². The lowest BCUT2D eigenvalue weighted by atomic mass is 10.1. The summed E-state index contributed by atoms with van der Waals surface area (Å²) in [4.78, 5) is 25.1. The van der Waals surface area contributed by atoms with E-state index in [9.17, 15) is 4.79 Å². The first-order valence-electron chi connectivity index (χ1n) is 7.78. The van der Waals surface area contributed by atoms with Crippen LogP contribution in [-0.2, 0) is 6.54 Å². The van der Waals surface area contributed by atoms with Crippen molar-refractivity contribution in [2.45, 2.75) is 19.5 Å². The van der Waals surface area contributed by atoms with E-state index >= 15 is 0 Å². The zero-order valence-corrected chi connectivity index (χ0v) is 13.8. The third-order valence-corrected chi connectivity index (χ3v) is 4.41. The van der Waals surface area contributed by atoms with Crippen molar-refractivity contribution in [3.8, 4) is 11.5 Å². The molecular formula is C17H18N4O3. The van der Waals surface area contributed by atoms with E-state index in [1.807, 2.05) is 44.1 Å². The Hall–Kier alpha value is -2.83. The summed E-state index contributed by atoms with van der Waals surface area (Å²) in [5.41, 5.74) is 2.35. The van der Waals surface area contributed by atoms with Crippen LogP contribution in [0.25, 0.3) is 0 Å². The van der Waals surface area contributed by atoms with E-state index in [0.717, 1.165) is 22.8 Å². The van der Waals surface area contributed by atoms with Crippen LogP contribution in [0.15, 0.2) is 24.4 Å². The largest absolute Gasteiger partial charge is 0.454 e. The number of carbonyl (C=O) groups is 1. The monoisotopic (exact) mass is 326 g/mol. The van der Waals surface area contributed by atoms with Crippen molar-refractivity contribution < 1.29 is 14.3 Å². The predicted octanol–water partition coefficient (Wildman–Crippen LogP) is 1.99. The molecule has 7 heteroatoms. The summed E-state index contributed by atoms with van der Waals surface area (Å²) in [5.74, 6) is 2.03. The quantitative estimate of drug-likeness (QED) is 0.859. The molecule has 2 aliphatic rings. The van der Waals surface area contributed by atoms with Crippen LogP contribution in [0.4, 0.5) is 5.95 Å². The number of aromatic nitrogens is 2. The van der Waals surface area contributed by atoms with Crippen molar-refractivity contribution in [2.24, 2.45) is 0 Å². The molecule has 0 saturated heterocycles. The van der Waals surface area contributed by atoms with Gasteiger partial charge in [-0.2, -0.15) is 0 Å². The second-order valence-electron chi connectivity index (χ2n) is 6.15. The predicted molar refractivity (Wildman–Crippen MR) is 87.2 cm³/mol. The van der Waals surface area contributed by atoms with Crippen molar-refractivity contribution in [1.29, 1.82) is 0 Å². The zero-order chi connectivity index (χ0) is 16.8. The molecule has 1 atom stereocenters. The maximum atomic E-state index is 12.7. The summed E-state index contributed by atoms with van der Waals surface area (Å²) in [6.45, 7) is 2.72. The highest BCUT2D eigenvalue weighted by Gasteiger charge is 2.33. The number of rotatable bonds is 3. The summed E-state index contributed by atoms with van der Waals surface area (Å²) in [6, 6.07) is 5.68. The molecule has 0 fully saturated rings. The average molecular weight is 326 g/mol. The van der Waals surface area contributed by atoms with E-state index in [1.165, 1.54) is 0 Å². The van der Waals surface area contributed by atoms with Crippen LogP contribution in [0.1, 0.15) is 34.6 Å². The van der Waals surface area contributed by atoms with Gasteiger partial charge in [0.2, 0.25) is 12.7 Å². The highest BCUT2D eigenvalue weighted by Crippen LogP contribution is 2.37. The molecule has 0 bridgehead atoms. The number of nitrogens with zero attached hydrogens (tertiary/aromatic N) is 4. The van der Waals surface area contributed by atoms with Gasteiger partial charge in [0.25, 0.3) is 5.91 Å². The Labute approximate surface area is 139 Å². The van der Waals surface area contributed by atoms with Gasteiger partial charge in [-0.15, -0.1) is 0 Å². The number of anilines is 1. The van der Waals surface area contributed by atoms with Gasteiger partial charge < -0.3 is 19.3 Å². The summed E-state index contributed by atoms with van der Waals surface area (Å²) in [5, 5.41) is 0. The normalized spacial score (nSPS) is 16.3. The van der Waals surface area contributed by atoms with Gasteiger partial charge in [-0.25, -0.2) is 9.97 Å². The van der Waals surface area contributed by atoms with E-state index in [-0.39, 0.29) is 18.7 Å². The van der Waals surface area contributed by atoms with Crippen LogP contribution < -0.4 is 14.4 Å². The number of benzene rings is 1. The molecule has 124 valence electrons. The van der Waals surface area contributed by atoms with E-state index in [4.69, 9.17) is 9.47 Å². The van der Waals surface area contributed by atoms with Crippen molar-refractivity contribution in [2.75, 3.05) is 25.8 Å². The smallest absolute Gasteiger partial charge is 0.258 e. The first-order chi connectivity index (χ1) is 11.5. The Morgan fingerprint density at radius 1 is 1.25 bits per heavy atom. The molecule has 0 unspecified atom stereocenters. The summed E-state index contributed by atoms with van der Waals surface area (Å²) in [6.07, 6.45) is 1.62. The number of amides is 1. The first kappa shape index (κ1) is 14.7. The Morgan fingerprint density at radius 3 is 2.83 bits per heavy atom. The molecule has 24 heavy (non-hydrogen) atoms. The lowest BCUT2D eigenvalue weighted by Gasteiger charge is -2.24. The molecule has 0 N–H and O–H groups in total. The summed E-state index contributed by atoms with van der Waals surface area (Å²) in [7, 11) is 3.76. The van der Waals surface area contributed by atoms with E-state index in [2.05, 4.69) is 9.97 Å². The Morgan fingerprint density at radius 2 is 2.04 bits per heavy atom. The molecule has 2 aliphatic heterocycles. The van der Waals surface area contributed by atoms with Crippen molar-refractivity contribution in [1.82, 2.24) is 14.9 Å². The van der Waals surface area contributed by atoms with Crippen LogP contribution in [0, 0.1) is 0 Å². The molecule has 2 aromatic rings. The fourth-order valence-corrected chi connectivity index (χ4v) is 2.97. The van der Waals surface area contributed by atoms with Crippen LogP contribution >= 0.6 is 0 Å². The molecule has 0 saturated carbocycles. The van der Waals surface area contributed by atoms with Crippen LogP contribution in [0.3, 0.4) is 0 Å². The molecule has 4 rings (SSSR count). The van der Waals surface area contributed by atoms with Gasteiger partial charge in [-0.05, 0) is 24.6 Å². The van der Waals surface area contributed by atoms with Gasteiger partial charge in [0, 0.05) is 20.3 Å². The first-order valence-corrected chi connectivity index (χ1v) is 7.78. The second kappa shape index (κ2) is 5.36. The molecule has 0 radical (unpaired) electrons. The van der Waals surface area contributed by atoms with Crippen molar-refractivity contribution in [3.63, 3.8) is 0 Å². The lowest BCUT2D eigenvalue weighted by Crippen LogP contribution is -2.27. The van der Waals surface area contributed by atoms with Crippen LogP contribution in [0.5, 0.6) is 11.5 Å². The minimum Gasteiger partial charge on any atom is -0.454 e. The maximum Gasteiger partial charge on any atom is 0.258 e. The summed E-state index contributed by atoms with van der Waals surface area (Å²) >= 11 is 0. The summed E-state index contributed by atoms with van der Waals surface area (Å²) < 4.78 is 10.8. The number of carbonyl (C=O) groups excluding carboxylic acids is 1. The van der Waals surface area contributed by atoms with Gasteiger partial charge in [0.05, 0.1) is 23.8 Å². The second-order valence-corrected chi connectivity index (χ2v) is 6.15. The van der Waals surface area contributed by atoms with Crippen molar-refractivity contribution >= 4 is 11.9 Å². The van der Waals surface area contributed by atoms with Gasteiger partial charge in [-0.3, -0.25) is 4.79 Å². The zero-order valence-electron chi connectivity index (χ0n) is 13.8. The molecule has 7 nitrogen and oxygen atoms in total. The van der Waals surface area contributed by atoms with Crippen molar-refractivity contribution in [3.05, 3.63) is 41.2 Å². The van der Waals surface area contributed by atoms with Gasteiger partial charge in [0.15, 0.2) is 11.5 Å². The molecule has 1 amide bonds. The van der Waals surface area contributed by atoms with Gasteiger partial charge in [-0.1, -0.05) is 6.07 Å². The molecule has 3 heterocycles. The van der Waals surface area contributed by atoms with E-state index in [1.54, 1.807) is 11.1 Å². The Kier molecular flexibility index (Phi) is 3.30. The maximum absolute atomic E-state index is 12.7. The Balaban J connectivity index is 1.62. The SMILES string of the molecule is C[C@@H](c1ccc2c(c1)OCO2)N1Cc2nc(N(C)C)ncc2C1=O. The fourth-order valence-electron chi connectivity index (χ4n) is 2.97. The number of ether oxygens (including phenoxy) is 2. The third kappa shape index (κ3) is 2.24. The molecular weight excluding hydrogens is 308 g/mol. The highest BCUT2D eigenvalue weighted by molar-refractivity contribution is 5.97. The molecule has 0 aliphatic carbocycles. The number of fused-ring (bicyclic) bond motifs is 2. The minimum absolute atomic E-state index is 0.0412. The van der Waals surface area contributed by atoms with E-state index in [0.29, 0.717) is 18.1 Å². The molecule has 0 spiro atoms.